The third kappa shape index (κ3) is 2.87. The predicted molar refractivity (Wildman–Crippen MR) is 92.4 cm³/mol. The maximum Gasteiger partial charge on any atom is 0.316 e. The Morgan fingerprint density at radius 2 is 2.23 bits per heavy atom. The molecule has 1 amide bonds. The van der Waals surface area contributed by atoms with Crippen LogP contribution in [0, 0.1) is 18.8 Å². The molecule has 1 aromatic rings. The molecule has 3 aliphatic rings. The fourth-order valence-corrected chi connectivity index (χ4v) is 6.52. The zero-order valence-corrected chi connectivity index (χ0v) is 15.6. The Morgan fingerprint density at radius 1 is 1.42 bits per heavy atom. The topological polar surface area (TPSA) is 98.7 Å². The monoisotopic (exact) mass is 381 g/mol. The van der Waals surface area contributed by atoms with E-state index in [4.69, 9.17) is 9.47 Å². The highest BCUT2D eigenvalue weighted by atomic mass is 32.2. The van der Waals surface area contributed by atoms with E-state index >= 15 is 0 Å². The number of carbonyl (C=O) groups is 1. The van der Waals surface area contributed by atoms with Gasteiger partial charge in [-0.2, -0.15) is 0 Å². The Kier molecular flexibility index (Phi) is 4.38. The van der Waals surface area contributed by atoms with Crippen LogP contribution in [0.5, 0.6) is 6.01 Å². The molecule has 2 atom stereocenters. The Balaban J connectivity index is 1.44. The molecule has 0 aliphatic carbocycles. The number of hydrogen-bond acceptors (Lipinski definition) is 7. The van der Waals surface area contributed by atoms with E-state index in [0.29, 0.717) is 26.1 Å². The van der Waals surface area contributed by atoms with Crippen molar-refractivity contribution in [2.75, 3.05) is 38.7 Å². The lowest BCUT2D eigenvalue weighted by molar-refractivity contribution is -0.142. The highest BCUT2D eigenvalue weighted by Gasteiger charge is 2.63. The molecular weight excluding hydrogens is 358 g/mol. The average molecular weight is 381 g/mol. The average Bonchev–Trinajstić information content (AvgIpc) is 3.17. The number of amides is 1. The van der Waals surface area contributed by atoms with Crippen LogP contribution in [0.25, 0.3) is 0 Å². The van der Waals surface area contributed by atoms with Gasteiger partial charge in [0.05, 0.1) is 24.9 Å². The van der Waals surface area contributed by atoms with Crippen LogP contribution in [0.3, 0.4) is 0 Å². The van der Waals surface area contributed by atoms with Crippen molar-refractivity contribution in [1.29, 1.82) is 0 Å². The maximum absolute atomic E-state index is 12.7. The third-order valence-electron chi connectivity index (χ3n) is 5.79. The Hall–Kier alpha value is -1.74. The summed E-state index contributed by atoms with van der Waals surface area (Å²) in [6, 6.07) is 2.04. The minimum absolute atomic E-state index is 0.0110. The summed E-state index contributed by atoms with van der Waals surface area (Å²) in [5.41, 5.74) is 0.794. The Bertz CT molecular complexity index is 800. The molecule has 0 N–H and O–H groups in total. The summed E-state index contributed by atoms with van der Waals surface area (Å²) in [6.07, 6.45) is 2.88. The summed E-state index contributed by atoms with van der Waals surface area (Å²) in [6.45, 7) is 3.64. The molecule has 26 heavy (non-hydrogen) atoms. The van der Waals surface area contributed by atoms with E-state index in [9.17, 15) is 13.2 Å². The summed E-state index contributed by atoms with van der Waals surface area (Å²) >= 11 is 0. The van der Waals surface area contributed by atoms with Gasteiger partial charge in [-0.3, -0.25) is 4.79 Å². The quantitative estimate of drug-likeness (QED) is 0.735. The van der Waals surface area contributed by atoms with Crippen LogP contribution < -0.4 is 4.74 Å². The lowest BCUT2D eigenvalue weighted by Gasteiger charge is -2.50. The second-order valence-electron chi connectivity index (χ2n) is 7.42. The molecule has 4 rings (SSSR count). The molecule has 3 aliphatic heterocycles. The summed E-state index contributed by atoms with van der Waals surface area (Å²) in [4.78, 5) is 22.4. The van der Waals surface area contributed by atoms with Crippen molar-refractivity contribution in [2.24, 2.45) is 11.8 Å². The number of ether oxygens (including phenoxy) is 2. The van der Waals surface area contributed by atoms with E-state index in [-0.39, 0.29) is 49.2 Å². The van der Waals surface area contributed by atoms with E-state index in [2.05, 4.69) is 9.97 Å². The first-order valence-corrected chi connectivity index (χ1v) is 10.6. The molecule has 3 saturated heterocycles. The molecule has 0 radical (unpaired) electrons. The van der Waals surface area contributed by atoms with Crippen LogP contribution in [-0.4, -0.2) is 72.6 Å². The molecule has 4 heterocycles. The molecular formula is C17H23N3O5S. The van der Waals surface area contributed by atoms with Crippen molar-refractivity contribution in [3.8, 4) is 6.01 Å². The van der Waals surface area contributed by atoms with Crippen LogP contribution in [0.2, 0.25) is 0 Å². The number of rotatable bonds is 4. The summed E-state index contributed by atoms with van der Waals surface area (Å²) < 4.78 is 35.4. The number of carbonyl (C=O) groups excluding carboxylic acids is 1. The first-order chi connectivity index (χ1) is 12.4. The number of sulfone groups is 1. The van der Waals surface area contributed by atoms with E-state index in [0.717, 1.165) is 5.69 Å². The number of nitrogens with zero attached hydrogens (tertiary/aromatic N) is 3. The molecule has 9 heteroatoms. The zero-order valence-electron chi connectivity index (χ0n) is 14.8. The molecule has 0 saturated carbocycles. The van der Waals surface area contributed by atoms with Crippen molar-refractivity contribution < 1.29 is 22.7 Å². The van der Waals surface area contributed by atoms with Gasteiger partial charge in [-0.25, -0.2) is 18.4 Å². The van der Waals surface area contributed by atoms with Crippen LogP contribution in [0.1, 0.15) is 18.5 Å². The number of aromatic nitrogens is 2. The Labute approximate surface area is 152 Å². The SMILES string of the molecule is Cc1ccnc(OCC2CCS(=O)(=O)C23CN(C(=O)C2CCOC2)C3)n1. The minimum Gasteiger partial charge on any atom is -0.463 e. The van der Waals surface area contributed by atoms with E-state index in [1.807, 2.05) is 6.92 Å². The largest absolute Gasteiger partial charge is 0.463 e. The van der Waals surface area contributed by atoms with E-state index < -0.39 is 14.6 Å². The zero-order chi connectivity index (χ0) is 18.4. The molecule has 1 aromatic heterocycles. The van der Waals surface area contributed by atoms with Crippen LogP contribution >= 0.6 is 0 Å². The third-order valence-corrected chi connectivity index (χ3v) is 8.40. The first kappa shape index (κ1) is 17.7. The van der Waals surface area contributed by atoms with Crippen molar-refractivity contribution in [3.63, 3.8) is 0 Å². The lowest BCUT2D eigenvalue weighted by Crippen LogP contribution is -2.69. The number of likely N-dealkylation sites (tertiary alicyclic amines) is 1. The van der Waals surface area contributed by atoms with Gasteiger partial charge in [0.2, 0.25) is 5.91 Å². The maximum atomic E-state index is 12.7. The van der Waals surface area contributed by atoms with Gasteiger partial charge in [0.15, 0.2) is 9.84 Å². The van der Waals surface area contributed by atoms with Crippen LogP contribution in [-0.2, 0) is 19.4 Å². The van der Waals surface area contributed by atoms with Gasteiger partial charge in [0.25, 0.3) is 0 Å². The van der Waals surface area contributed by atoms with Gasteiger partial charge < -0.3 is 14.4 Å². The number of aryl methyl sites for hydroxylation is 1. The molecule has 2 unspecified atom stereocenters. The summed E-state index contributed by atoms with van der Waals surface area (Å²) in [5.74, 6) is -0.131. The fraction of sp³-hybridized carbons (Fsp3) is 0.706. The molecule has 3 fully saturated rings. The van der Waals surface area contributed by atoms with Crippen LogP contribution in [0.4, 0.5) is 0 Å². The van der Waals surface area contributed by atoms with Gasteiger partial charge in [-0.05, 0) is 25.8 Å². The normalized spacial score (nSPS) is 28.9. The molecule has 142 valence electrons. The second kappa shape index (κ2) is 6.45. The van der Waals surface area contributed by atoms with Crippen molar-refractivity contribution in [2.45, 2.75) is 24.5 Å². The molecule has 8 nitrogen and oxygen atoms in total. The van der Waals surface area contributed by atoms with Crippen molar-refractivity contribution in [1.82, 2.24) is 14.9 Å². The van der Waals surface area contributed by atoms with Gasteiger partial charge in [-0.1, -0.05) is 0 Å². The van der Waals surface area contributed by atoms with Gasteiger partial charge in [-0.15, -0.1) is 0 Å². The standard InChI is InChI=1S/C17H23N3O5S/c1-12-2-5-18-16(19-12)25-9-14-4-7-26(22,23)17(14)10-20(11-17)15(21)13-3-6-24-8-13/h2,5,13-14H,3-4,6-11H2,1H3. The first-order valence-electron chi connectivity index (χ1n) is 8.92. The smallest absolute Gasteiger partial charge is 0.316 e. The van der Waals surface area contributed by atoms with Crippen molar-refractivity contribution >= 4 is 15.7 Å². The Morgan fingerprint density at radius 3 is 2.92 bits per heavy atom. The van der Waals surface area contributed by atoms with Crippen LogP contribution in [0.15, 0.2) is 12.3 Å². The lowest BCUT2D eigenvalue weighted by atomic mass is 9.83. The predicted octanol–water partition coefficient (Wildman–Crippen LogP) is 0.216. The highest BCUT2D eigenvalue weighted by Crippen LogP contribution is 2.45. The molecule has 1 spiro atoms. The summed E-state index contributed by atoms with van der Waals surface area (Å²) in [7, 11) is -3.25. The van der Waals surface area contributed by atoms with E-state index in [1.165, 1.54) is 0 Å². The van der Waals surface area contributed by atoms with Gasteiger partial charge in [0, 0.05) is 37.5 Å². The highest BCUT2D eigenvalue weighted by molar-refractivity contribution is 7.93. The van der Waals surface area contributed by atoms with Gasteiger partial charge >= 0.3 is 6.01 Å². The second-order valence-corrected chi connectivity index (χ2v) is 9.87. The van der Waals surface area contributed by atoms with Gasteiger partial charge in [0.1, 0.15) is 4.75 Å². The fourth-order valence-electron chi connectivity index (χ4n) is 4.12. The number of hydrogen-bond donors (Lipinski definition) is 0. The summed E-state index contributed by atoms with van der Waals surface area (Å²) in [5, 5.41) is 0. The van der Waals surface area contributed by atoms with E-state index in [1.54, 1.807) is 17.2 Å². The molecule has 0 bridgehead atoms. The van der Waals surface area contributed by atoms with Crippen molar-refractivity contribution in [3.05, 3.63) is 18.0 Å². The molecule has 0 aromatic carbocycles. The minimum atomic E-state index is -3.25.